The van der Waals surface area contributed by atoms with Gasteiger partial charge in [-0.1, -0.05) is 19.9 Å². The van der Waals surface area contributed by atoms with E-state index in [1.807, 2.05) is 19.9 Å². The number of Topliss-reactive ketones (excluding diaryl/α,β-unsaturated/α-hetero) is 1. The van der Waals surface area contributed by atoms with Gasteiger partial charge >= 0.3 is 6.18 Å². The fourth-order valence-electron chi connectivity index (χ4n) is 4.84. The summed E-state index contributed by atoms with van der Waals surface area (Å²) in [5.74, 6) is -3.10. The molecule has 0 radical (unpaired) electrons. The minimum Gasteiger partial charge on any atom is -0.496 e. The first kappa shape index (κ1) is 28.0. The third-order valence-electron chi connectivity index (χ3n) is 6.62. The van der Waals surface area contributed by atoms with Crippen LogP contribution in [0.4, 0.5) is 13.2 Å². The van der Waals surface area contributed by atoms with E-state index in [1.165, 1.54) is 13.2 Å². The van der Waals surface area contributed by atoms with Gasteiger partial charge in [0, 0.05) is 24.8 Å². The number of nitriles is 1. The van der Waals surface area contributed by atoms with Gasteiger partial charge in [0.05, 0.1) is 35.3 Å². The van der Waals surface area contributed by atoms with Crippen molar-refractivity contribution in [3.63, 3.8) is 0 Å². The maximum atomic E-state index is 14.2. The molecular formula is C26H31F3N4O4. The summed E-state index contributed by atoms with van der Waals surface area (Å²) in [4.78, 5) is 40.9. The smallest absolute Gasteiger partial charge is 0.419 e. The summed E-state index contributed by atoms with van der Waals surface area (Å²) in [5, 5.41) is 14.6. The molecule has 1 aromatic carbocycles. The molecule has 2 amide bonds. The Bertz CT molecular complexity index is 1230. The molecule has 3 N–H and O–H groups in total. The standard InChI is InChI=1S/C26H31F3N4O4/c1-13(2)9-16(25(36)32-17(12-30)10-15-7-8-31-24(15)35)11-18(34)23-21(26(27,28)29)20-19(37-4)6-5-14(3)22(20)33-23/h5-6,13,15-17,33H,7-11H2,1-4H3,(H,31,35)(H,32,36)/t15-,16+,17-/m0/s1. The molecule has 37 heavy (non-hydrogen) atoms. The maximum Gasteiger partial charge on any atom is 0.419 e. The maximum absolute atomic E-state index is 14.2. The van der Waals surface area contributed by atoms with Gasteiger partial charge in [-0.3, -0.25) is 14.4 Å². The van der Waals surface area contributed by atoms with Crippen LogP contribution in [0.2, 0.25) is 0 Å². The van der Waals surface area contributed by atoms with Gasteiger partial charge in [-0.15, -0.1) is 0 Å². The van der Waals surface area contributed by atoms with Crippen LogP contribution in [0.3, 0.4) is 0 Å². The number of nitrogens with one attached hydrogen (secondary N) is 3. The molecule has 1 aliphatic heterocycles. The van der Waals surface area contributed by atoms with E-state index in [9.17, 15) is 32.8 Å². The van der Waals surface area contributed by atoms with E-state index in [0.717, 1.165) is 0 Å². The third-order valence-corrected chi connectivity index (χ3v) is 6.62. The lowest BCUT2D eigenvalue weighted by Crippen LogP contribution is -2.41. The number of amides is 2. The van der Waals surface area contributed by atoms with Gasteiger partial charge < -0.3 is 20.4 Å². The molecule has 0 spiro atoms. The fourth-order valence-corrected chi connectivity index (χ4v) is 4.84. The van der Waals surface area contributed by atoms with Gasteiger partial charge in [0.25, 0.3) is 0 Å². The van der Waals surface area contributed by atoms with Crippen molar-refractivity contribution in [3.05, 3.63) is 29.0 Å². The first-order chi connectivity index (χ1) is 17.4. The van der Waals surface area contributed by atoms with E-state index in [0.29, 0.717) is 18.5 Å². The van der Waals surface area contributed by atoms with E-state index in [2.05, 4.69) is 15.6 Å². The molecule has 1 saturated heterocycles. The molecule has 2 heterocycles. The highest BCUT2D eigenvalue weighted by molar-refractivity contribution is 6.06. The van der Waals surface area contributed by atoms with Gasteiger partial charge in [-0.05, 0) is 43.7 Å². The summed E-state index contributed by atoms with van der Waals surface area (Å²) in [5.41, 5.74) is -1.11. The molecule has 2 aromatic rings. The van der Waals surface area contributed by atoms with Crippen LogP contribution in [-0.2, 0) is 15.8 Å². The van der Waals surface area contributed by atoms with Gasteiger partial charge in [0.2, 0.25) is 11.8 Å². The number of H-pyrrole nitrogens is 1. The number of aromatic amines is 1. The van der Waals surface area contributed by atoms with Crippen molar-refractivity contribution in [3.8, 4) is 11.8 Å². The van der Waals surface area contributed by atoms with Gasteiger partial charge in [-0.2, -0.15) is 18.4 Å². The molecule has 200 valence electrons. The SMILES string of the molecule is COc1ccc(C)c2[nH]c(C(=O)C[C@@H](CC(C)C)C(=O)N[C@H](C#N)C[C@@H]3CCNC3=O)c(C(F)(F)F)c12. The molecule has 0 saturated carbocycles. The normalized spacial score (nSPS) is 17.4. The lowest BCUT2D eigenvalue weighted by molar-refractivity contribution is -0.136. The van der Waals surface area contributed by atoms with Crippen LogP contribution in [0, 0.1) is 36.0 Å². The fraction of sp³-hybridized carbons (Fsp3) is 0.538. The molecular weight excluding hydrogens is 489 g/mol. The number of ether oxygens (including phenoxy) is 1. The Morgan fingerprint density at radius 1 is 1.30 bits per heavy atom. The van der Waals surface area contributed by atoms with Crippen molar-refractivity contribution in [2.75, 3.05) is 13.7 Å². The van der Waals surface area contributed by atoms with E-state index in [4.69, 9.17) is 4.74 Å². The Morgan fingerprint density at radius 2 is 2.00 bits per heavy atom. The molecule has 1 aliphatic rings. The van der Waals surface area contributed by atoms with Crippen molar-refractivity contribution < 1.29 is 32.3 Å². The quantitative estimate of drug-likeness (QED) is 0.404. The Balaban J connectivity index is 1.91. The number of aryl methyl sites for hydroxylation is 1. The molecule has 3 atom stereocenters. The van der Waals surface area contributed by atoms with Crippen LogP contribution in [-0.4, -0.2) is 42.3 Å². The lowest BCUT2D eigenvalue weighted by atomic mass is 9.89. The van der Waals surface area contributed by atoms with Gasteiger partial charge in [0.1, 0.15) is 11.8 Å². The summed E-state index contributed by atoms with van der Waals surface area (Å²) in [6.07, 6.45) is -4.44. The number of alkyl halides is 3. The molecule has 0 aliphatic carbocycles. The number of hydrogen-bond donors (Lipinski definition) is 3. The average Bonchev–Trinajstić information content (AvgIpc) is 3.42. The number of aromatic nitrogens is 1. The highest BCUT2D eigenvalue weighted by atomic mass is 19.4. The minimum atomic E-state index is -4.85. The topological polar surface area (TPSA) is 124 Å². The zero-order valence-corrected chi connectivity index (χ0v) is 21.2. The number of hydrogen-bond acceptors (Lipinski definition) is 5. The van der Waals surface area contributed by atoms with Crippen LogP contribution in [0.5, 0.6) is 5.75 Å². The molecule has 1 aromatic heterocycles. The summed E-state index contributed by atoms with van der Waals surface area (Å²) >= 11 is 0. The molecule has 0 unspecified atom stereocenters. The van der Waals surface area contributed by atoms with E-state index in [1.54, 1.807) is 13.0 Å². The van der Waals surface area contributed by atoms with Gasteiger partial charge in [-0.25, -0.2) is 0 Å². The van der Waals surface area contributed by atoms with Crippen LogP contribution in [0.1, 0.15) is 61.1 Å². The highest BCUT2D eigenvalue weighted by Gasteiger charge is 2.41. The summed E-state index contributed by atoms with van der Waals surface area (Å²) < 4.78 is 47.7. The Hall–Kier alpha value is -3.55. The number of carbonyl (C=O) groups is 3. The second kappa shape index (κ2) is 11.2. The molecule has 11 heteroatoms. The Kier molecular flexibility index (Phi) is 8.51. The number of rotatable bonds is 10. The van der Waals surface area contributed by atoms with E-state index < -0.39 is 53.4 Å². The lowest BCUT2D eigenvalue weighted by Gasteiger charge is -2.21. The first-order valence-electron chi connectivity index (χ1n) is 12.1. The van der Waals surface area contributed by atoms with Crippen molar-refractivity contribution in [2.45, 2.75) is 58.7 Å². The second-order valence-corrected chi connectivity index (χ2v) is 9.86. The predicted octanol–water partition coefficient (Wildman–Crippen LogP) is 4.27. The summed E-state index contributed by atoms with van der Waals surface area (Å²) in [7, 11) is 1.25. The molecule has 0 bridgehead atoms. The number of ketones is 1. The number of fused-ring (bicyclic) bond motifs is 1. The number of benzene rings is 1. The highest BCUT2D eigenvalue weighted by Crippen LogP contribution is 2.43. The van der Waals surface area contributed by atoms with E-state index in [-0.39, 0.29) is 41.3 Å². The zero-order chi connectivity index (χ0) is 27.5. The Morgan fingerprint density at radius 3 is 2.54 bits per heavy atom. The zero-order valence-electron chi connectivity index (χ0n) is 21.2. The van der Waals surface area contributed by atoms with Crippen molar-refractivity contribution in [2.24, 2.45) is 17.8 Å². The van der Waals surface area contributed by atoms with Crippen LogP contribution in [0.15, 0.2) is 12.1 Å². The number of methoxy groups -OCH3 is 1. The molecule has 8 nitrogen and oxygen atoms in total. The monoisotopic (exact) mass is 520 g/mol. The van der Waals surface area contributed by atoms with Gasteiger partial charge in [0.15, 0.2) is 5.78 Å². The number of carbonyl (C=O) groups excluding carboxylic acids is 3. The molecule has 3 rings (SSSR count). The minimum absolute atomic E-state index is 0.0208. The summed E-state index contributed by atoms with van der Waals surface area (Å²) in [6.45, 7) is 5.77. The largest absolute Gasteiger partial charge is 0.496 e. The third kappa shape index (κ3) is 6.24. The van der Waals surface area contributed by atoms with Crippen molar-refractivity contribution >= 4 is 28.5 Å². The van der Waals surface area contributed by atoms with Crippen molar-refractivity contribution in [1.29, 1.82) is 5.26 Å². The second-order valence-electron chi connectivity index (χ2n) is 9.86. The number of halogens is 3. The van der Waals surface area contributed by atoms with Crippen LogP contribution >= 0.6 is 0 Å². The van der Waals surface area contributed by atoms with Crippen LogP contribution < -0.4 is 15.4 Å². The Labute approximate surface area is 212 Å². The first-order valence-corrected chi connectivity index (χ1v) is 12.1. The van der Waals surface area contributed by atoms with Crippen LogP contribution in [0.25, 0.3) is 10.9 Å². The predicted molar refractivity (Wildman–Crippen MR) is 130 cm³/mol. The molecule has 1 fully saturated rings. The average molecular weight is 521 g/mol. The van der Waals surface area contributed by atoms with E-state index >= 15 is 0 Å². The summed E-state index contributed by atoms with van der Waals surface area (Å²) in [6, 6.07) is 4.02. The van der Waals surface area contributed by atoms with Crippen molar-refractivity contribution in [1.82, 2.24) is 15.6 Å². The number of nitrogens with zero attached hydrogens (tertiary/aromatic N) is 1.